The van der Waals surface area contributed by atoms with E-state index in [-0.39, 0.29) is 0 Å². The van der Waals surface area contributed by atoms with Gasteiger partial charge in [-0.1, -0.05) is 12.1 Å². The summed E-state index contributed by atoms with van der Waals surface area (Å²) in [6.07, 6.45) is 3.55. The van der Waals surface area contributed by atoms with E-state index in [1.807, 2.05) is 34.9 Å². The minimum atomic E-state index is -0.716. The summed E-state index contributed by atoms with van der Waals surface area (Å²) in [7, 11) is 0. The number of carbonyl (C=O) groups excluding carboxylic acids is 1. The van der Waals surface area contributed by atoms with E-state index in [0.29, 0.717) is 18.0 Å². The third-order valence-corrected chi connectivity index (χ3v) is 4.19. The molecular weight excluding hydrogens is 342 g/mol. The smallest absolute Gasteiger partial charge is 0.332 e. The second kappa shape index (κ2) is 6.83. The number of rotatable bonds is 4. The van der Waals surface area contributed by atoms with Crippen LogP contribution in [0.25, 0.3) is 22.1 Å². The summed E-state index contributed by atoms with van der Waals surface area (Å²) in [5.41, 5.74) is 12.1. The van der Waals surface area contributed by atoms with Crippen molar-refractivity contribution in [1.29, 1.82) is 0 Å². The van der Waals surface area contributed by atoms with Crippen LogP contribution in [-0.2, 0) is 6.54 Å². The number of nitrogens with two attached hydrogens (primary N) is 1. The lowest BCUT2D eigenvalue weighted by Gasteiger charge is -2.07. The molecule has 0 radical (unpaired) electrons. The predicted octanol–water partition coefficient (Wildman–Crippen LogP) is 2.42. The van der Waals surface area contributed by atoms with Gasteiger partial charge in [0.1, 0.15) is 5.52 Å². The molecule has 8 nitrogen and oxygen atoms in total. The van der Waals surface area contributed by atoms with Gasteiger partial charge in [-0.15, -0.1) is 0 Å². The van der Waals surface area contributed by atoms with E-state index in [4.69, 9.17) is 5.73 Å². The number of hydrazone groups is 1. The fourth-order valence-corrected chi connectivity index (χ4v) is 2.87. The number of hydrogen-bond donors (Lipinski definition) is 2. The van der Waals surface area contributed by atoms with Crippen LogP contribution in [0.15, 0.2) is 60.1 Å². The zero-order chi connectivity index (χ0) is 18.8. The molecule has 134 valence electrons. The van der Waals surface area contributed by atoms with Gasteiger partial charge in [-0.25, -0.2) is 20.2 Å². The maximum Gasteiger partial charge on any atom is 0.332 e. The number of hydrogen-bond acceptors (Lipinski definition) is 5. The van der Waals surface area contributed by atoms with Crippen molar-refractivity contribution in [3.8, 4) is 0 Å². The predicted molar refractivity (Wildman–Crippen MR) is 103 cm³/mol. The molecule has 27 heavy (non-hydrogen) atoms. The van der Waals surface area contributed by atoms with Gasteiger partial charge in [-0.2, -0.15) is 5.10 Å². The molecule has 0 bridgehead atoms. The first kappa shape index (κ1) is 16.6. The highest BCUT2D eigenvalue weighted by Gasteiger charge is 2.09. The van der Waals surface area contributed by atoms with E-state index >= 15 is 0 Å². The van der Waals surface area contributed by atoms with Crippen LogP contribution in [0.3, 0.4) is 0 Å². The van der Waals surface area contributed by atoms with E-state index in [9.17, 15) is 4.79 Å². The zero-order valence-electron chi connectivity index (χ0n) is 14.6. The number of pyridine rings is 2. The highest BCUT2D eigenvalue weighted by Crippen LogP contribution is 2.17. The SMILES string of the molecule is C/C(=N/NC(N)=O)c1ccc2ncn(Cc3ccc4ncccc4c3)c2n1. The van der Waals surface area contributed by atoms with Crippen molar-refractivity contribution in [2.24, 2.45) is 10.8 Å². The van der Waals surface area contributed by atoms with Gasteiger partial charge in [-0.3, -0.25) is 4.98 Å². The van der Waals surface area contributed by atoms with Crippen LogP contribution >= 0.6 is 0 Å². The normalized spacial score (nSPS) is 11.8. The summed E-state index contributed by atoms with van der Waals surface area (Å²) in [6.45, 7) is 2.38. The molecule has 0 aliphatic carbocycles. The lowest BCUT2D eigenvalue weighted by atomic mass is 10.1. The molecule has 0 saturated carbocycles. The topological polar surface area (TPSA) is 111 Å². The molecule has 0 atom stereocenters. The van der Waals surface area contributed by atoms with Crippen molar-refractivity contribution in [3.63, 3.8) is 0 Å². The molecule has 0 unspecified atom stereocenters. The number of nitrogens with zero attached hydrogens (tertiary/aromatic N) is 5. The van der Waals surface area contributed by atoms with E-state index in [2.05, 4.69) is 37.6 Å². The molecule has 1 aromatic carbocycles. The van der Waals surface area contributed by atoms with E-state index in [1.54, 1.807) is 19.4 Å². The van der Waals surface area contributed by atoms with Crippen LogP contribution in [-0.4, -0.2) is 31.3 Å². The van der Waals surface area contributed by atoms with Crippen LogP contribution in [0.4, 0.5) is 4.79 Å². The monoisotopic (exact) mass is 359 g/mol. The second-order valence-electron chi connectivity index (χ2n) is 6.12. The molecule has 3 N–H and O–H groups in total. The third kappa shape index (κ3) is 3.45. The van der Waals surface area contributed by atoms with E-state index in [0.717, 1.165) is 27.6 Å². The molecule has 3 aromatic heterocycles. The Balaban J connectivity index is 1.67. The number of imidazole rings is 1. The summed E-state index contributed by atoms with van der Waals surface area (Å²) in [4.78, 5) is 24.2. The number of fused-ring (bicyclic) bond motifs is 2. The molecule has 0 aliphatic heterocycles. The molecule has 4 rings (SSSR count). The van der Waals surface area contributed by atoms with E-state index < -0.39 is 6.03 Å². The number of amides is 2. The highest BCUT2D eigenvalue weighted by molar-refractivity contribution is 5.98. The summed E-state index contributed by atoms with van der Waals surface area (Å²) in [5, 5.41) is 5.02. The number of primary amides is 1. The van der Waals surface area contributed by atoms with Crippen molar-refractivity contribution in [1.82, 2.24) is 24.9 Å². The quantitative estimate of drug-likeness (QED) is 0.430. The summed E-state index contributed by atoms with van der Waals surface area (Å²) in [5.74, 6) is 0. The lowest BCUT2D eigenvalue weighted by Crippen LogP contribution is -2.25. The molecule has 2 amide bonds. The standard InChI is InChI=1S/C19H17N7O/c1-12(24-25-19(20)27)15-6-7-17-18(23-15)26(11-22-17)10-13-4-5-16-14(9-13)3-2-8-21-16/h2-9,11H,10H2,1H3,(H3,20,25,27)/b24-12-. The Hall–Kier alpha value is -3.81. The van der Waals surface area contributed by atoms with Crippen molar-refractivity contribution in [3.05, 3.63) is 66.2 Å². The Morgan fingerprint density at radius 2 is 2.04 bits per heavy atom. The first-order chi connectivity index (χ1) is 13.1. The molecule has 8 heteroatoms. The molecule has 0 saturated heterocycles. The summed E-state index contributed by atoms with van der Waals surface area (Å²) < 4.78 is 1.98. The summed E-state index contributed by atoms with van der Waals surface area (Å²) >= 11 is 0. The maximum absolute atomic E-state index is 10.8. The van der Waals surface area contributed by atoms with Gasteiger partial charge in [-0.05, 0) is 42.8 Å². The highest BCUT2D eigenvalue weighted by atomic mass is 16.2. The minimum absolute atomic E-state index is 0.556. The number of nitrogens with one attached hydrogen (secondary N) is 1. The third-order valence-electron chi connectivity index (χ3n) is 4.19. The van der Waals surface area contributed by atoms with Crippen LogP contribution in [0, 0.1) is 0 Å². The van der Waals surface area contributed by atoms with Crippen molar-refractivity contribution >= 4 is 33.8 Å². The number of carbonyl (C=O) groups is 1. The van der Waals surface area contributed by atoms with Crippen molar-refractivity contribution in [2.45, 2.75) is 13.5 Å². The maximum atomic E-state index is 10.8. The van der Waals surface area contributed by atoms with Gasteiger partial charge in [0.05, 0.1) is 29.8 Å². The zero-order valence-corrected chi connectivity index (χ0v) is 14.6. The molecule has 4 aromatic rings. The summed E-state index contributed by atoms with van der Waals surface area (Å²) in [6, 6.07) is 13.1. The van der Waals surface area contributed by atoms with Gasteiger partial charge >= 0.3 is 6.03 Å². The van der Waals surface area contributed by atoms with Crippen LogP contribution in [0.1, 0.15) is 18.2 Å². The molecule has 0 aliphatic rings. The molecular formula is C19H17N7O. The second-order valence-corrected chi connectivity index (χ2v) is 6.12. The van der Waals surface area contributed by atoms with Gasteiger partial charge < -0.3 is 10.3 Å². The van der Waals surface area contributed by atoms with Crippen LogP contribution < -0.4 is 11.2 Å². The van der Waals surface area contributed by atoms with Crippen LogP contribution in [0.5, 0.6) is 0 Å². The Morgan fingerprint density at radius 1 is 1.19 bits per heavy atom. The fraction of sp³-hybridized carbons (Fsp3) is 0.105. The molecule has 0 spiro atoms. The lowest BCUT2D eigenvalue weighted by molar-refractivity contribution is 0.249. The van der Waals surface area contributed by atoms with Crippen LogP contribution in [0.2, 0.25) is 0 Å². The molecule has 0 fully saturated rings. The largest absolute Gasteiger partial charge is 0.350 e. The number of urea groups is 1. The Kier molecular flexibility index (Phi) is 4.21. The Bertz CT molecular complexity index is 1180. The van der Waals surface area contributed by atoms with Gasteiger partial charge in [0.25, 0.3) is 0 Å². The minimum Gasteiger partial charge on any atom is -0.350 e. The fourth-order valence-electron chi connectivity index (χ4n) is 2.87. The average molecular weight is 359 g/mol. The average Bonchev–Trinajstić information content (AvgIpc) is 3.08. The van der Waals surface area contributed by atoms with Crippen molar-refractivity contribution in [2.75, 3.05) is 0 Å². The van der Waals surface area contributed by atoms with Crippen molar-refractivity contribution < 1.29 is 4.79 Å². The van der Waals surface area contributed by atoms with Gasteiger partial charge in [0.2, 0.25) is 0 Å². The number of benzene rings is 1. The van der Waals surface area contributed by atoms with Gasteiger partial charge in [0.15, 0.2) is 5.65 Å². The van der Waals surface area contributed by atoms with E-state index in [1.165, 1.54) is 0 Å². The Labute approximate surface area is 154 Å². The first-order valence-corrected chi connectivity index (χ1v) is 8.36. The number of aromatic nitrogens is 4. The molecule has 3 heterocycles. The first-order valence-electron chi connectivity index (χ1n) is 8.36. The Morgan fingerprint density at radius 3 is 2.89 bits per heavy atom. The van der Waals surface area contributed by atoms with Gasteiger partial charge in [0, 0.05) is 11.6 Å².